The summed E-state index contributed by atoms with van der Waals surface area (Å²) in [5.74, 6) is 6.49. The van der Waals surface area contributed by atoms with E-state index in [2.05, 4.69) is 13.8 Å². The van der Waals surface area contributed by atoms with Crippen molar-refractivity contribution in [2.75, 3.05) is 7.11 Å². The summed E-state index contributed by atoms with van der Waals surface area (Å²) < 4.78 is 5.16. The number of aldehydes is 1. The minimum Gasteiger partial charge on any atom is -0.504 e. The zero-order valence-electron chi connectivity index (χ0n) is 28.3. The maximum atomic E-state index is 10.8. The third kappa shape index (κ3) is 16.3. The topological polar surface area (TPSA) is 26.3 Å². The van der Waals surface area contributed by atoms with E-state index in [1.165, 1.54) is 179 Å². The Bertz CT molecular complexity index is 671. The molecule has 0 saturated heterocycles. The van der Waals surface area contributed by atoms with Gasteiger partial charge < -0.3 is 9.53 Å². The van der Waals surface area contributed by atoms with E-state index in [1.54, 1.807) is 7.11 Å². The maximum absolute atomic E-state index is 10.8. The van der Waals surface area contributed by atoms with E-state index in [-0.39, 0.29) is 12.1 Å². The Balaban J connectivity index is 0.000000411. The van der Waals surface area contributed by atoms with Gasteiger partial charge in [-0.1, -0.05) is 124 Å². The van der Waals surface area contributed by atoms with E-state index >= 15 is 0 Å². The average Bonchev–Trinajstić information content (AvgIpc) is 3.01. The van der Waals surface area contributed by atoms with Gasteiger partial charge in [-0.25, -0.2) is 0 Å². The molecule has 0 aromatic carbocycles. The minimum atomic E-state index is 0. The Hall–Kier alpha value is -0.860. The van der Waals surface area contributed by atoms with Crippen molar-refractivity contribution in [2.45, 2.75) is 188 Å². The van der Waals surface area contributed by atoms with Crippen molar-refractivity contribution in [1.29, 1.82) is 0 Å². The Kier molecular flexibility index (Phi) is 22.8. The molecule has 0 atom stereocenters. The molecule has 4 rings (SSSR count). The van der Waals surface area contributed by atoms with Crippen LogP contribution in [0.2, 0.25) is 0 Å². The molecule has 0 aromatic heterocycles. The van der Waals surface area contributed by atoms with Gasteiger partial charge in [0.05, 0.1) is 13.4 Å². The van der Waals surface area contributed by atoms with Crippen LogP contribution in [0.1, 0.15) is 188 Å². The van der Waals surface area contributed by atoms with Gasteiger partial charge in [0.15, 0.2) is 0 Å². The molecule has 4 aliphatic carbocycles. The van der Waals surface area contributed by atoms with E-state index < -0.39 is 0 Å². The van der Waals surface area contributed by atoms with Crippen molar-refractivity contribution in [3.05, 3.63) is 11.8 Å². The Morgan fingerprint density at radius 2 is 0.953 bits per heavy atom. The monoisotopic (exact) mass is 607 g/mol. The maximum Gasteiger partial charge on any atom is 0.123 e. The number of unbranched alkanes of at least 4 members (excludes halogenated alkanes) is 4. The van der Waals surface area contributed by atoms with Gasteiger partial charge >= 0.3 is 0 Å². The zero-order chi connectivity index (χ0) is 29.1. The zero-order valence-corrected chi connectivity index (χ0v) is 28.3. The van der Waals surface area contributed by atoms with Gasteiger partial charge in [-0.05, 0) is 105 Å². The van der Waals surface area contributed by atoms with Gasteiger partial charge in [-0.2, -0.15) is 0 Å². The van der Waals surface area contributed by atoms with Crippen molar-refractivity contribution >= 4 is 6.29 Å². The number of rotatable bonds is 14. The van der Waals surface area contributed by atoms with Crippen LogP contribution in [0.4, 0.5) is 4.70 Å². The highest BCUT2D eigenvalue weighted by Crippen LogP contribution is 2.40. The molecule has 4 aliphatic rings. The molecular weight excluding hydrogens is 531 g/mol. The second-order valence-corrected chi connectivity index (χ2v) is 15.1. The summed E-state index contributed by atoms with van der Waals surface area (Å²) in [5, 5.41) is 0. The molecule has 0 radical (unpaired) electrons. The molecule has 0 heterocycles. The molecule has 254 valence electrons. The molecule has 0 aliphatic heterocycles. The SMILES string of the molecule is C.CCCCCC1CCC(CC2CCC(=COC)CC2)CC1.CCCCCC1CCC(CC2CCC(C=O)CC2)CC1.F. The average molecular weight is 607 g/mol. The van der Waals surface area contributed by atoms with Gasteiger partial charge in [0, 0.05) is 5.92 Å². The number of methoxy groups -OCH3 is 1. The molecule has 4 saturated carbocycles. The van der Waals surface area contributed by atoms with Crippen LogP contribution < -0.4 is 0 Å². The number of carbonyl (C=O) groups excluding carboxylic acids is 1. The summed E-state index contributed by atoms with van der Waals surface area (Å²) in [7, 11) is 1.78. The second kappa shape index (κ2) is 24.4. The molecule has 0 N–H and O–H groups in total. The minimum absolute atomic E-state index is 0. The lowest BCUT2D eigenvalue weighted by molar-refractivity contribution is -0.112. The van der Waals surface area contributed by atoms with Gasteiger partial charge in [-0.15, -0.1) is 0 Å². The molecule has 0 amide bonds. The van der Waals surface area contributed by atoms with E-state index in [9.17, 15) is 4.79 Å². The summed E-state index contributed by atoms with van der Waals surface area (Å²) in [5.41, 5.74) is 1.54. The fourth-order valence-electron chi connectivity index (χ4n) is 8.95. The molecule has 0 bridgehead atoms. The molecular formula is C40H75FO2. The fourth-order valence-corrected chi connectivity index (χ4v) is 8.95. The van der Waals surface area contributed by atoms with Gasteiger partial charge in [-0.3, -0.25) is 4.70 Å². The highest BCUT2D eigenvalue weighted by atomic mass is 19.0. The number of ether oxygens (including phenoxy) is 1. The summed E-state index contributed by atoms with van der Waals surface area (Å²) in [6, 6.07) is 0. The largest absolute Gasteiger partial charge is 0.504 e. The third-order valence-electron chi connectivity index (χ3n) is 11.8. The van der Waals surface area contributed by atoms with E-state index in [1.807, 2.05) is 6.26 Å². The lowest BCUT2D eigenvalue weighted by Crippen LogP contribution is -2.21. The van der Waals surface area contributed by atoms with E-state index in [0.717, 1.165) is 35.5 Å². The van der Waals surface area contributed by atoms with Crippen LogP contribution in [0.5, 0.6) is 0 Å². The lowest BCUT2D eigenvalue weighted by Gasteiger charge is -2.33. The summed E-state index contributed by atoms with van der Waals surface area (Å²) in [6.45, 7) is 4.62. The van der Waals surface area contributed by atoms with Gasteiger partial charge in [0.25, 0.3) is 0 Å². The van der Waals surface area contributed by atoms with Crippen LogP contribution in [0.15, 0.2) is 11.8 Å². The molecule has 43 heavy (non-hydrogen) atoms. The van der Waals surface area contributed by atoms with Gasteiger partial charge in [0.1, 0.15) is 6.29 Å². The van der Waals surface area contributed by atoms with Crippen LogP contribution >= 0.6 is 0 Å². The Morgan fingerprint density at radius 3 is 1.33 bits per heavy atom. The van der Waals surface area contributed by atoms with Crippen LogP contribution in [-0.4, -0.2) is 13.4 Å². The molecule has 3 heteroatoms. The van der Waals surface area contributed by atoms with E-state index in [4.69, 9.17) is 4.74 Å². The Morgan fingerprint density at radius 1 is 0.581 bits per heavy atom. The van der Waals surface area contributed by atoms with Crippen molar-refractivity contribution in [3.8, 4) is 0 Å². The van der Waals surface area contributed by atoms with Crippen LogP contribution in [0.3, 0.4) is 0 Å². The first-order chi connectivity index (χ1) is 20.1. The standard InChI is InChI=1S/C20H36O.C19H34O.CH4.FH/c1-3-4-5-6-17-7-9-18(10-8-17)15-19-11-13-20(14-12-19)16-21-2;1-2-3-4-5-16-6-8-17(9-7-16)14-18-10-12-19(15-20)13-11-18;;/h16-19H,3-15H2,1-2H3;15-19H,2-14H2,1H3;1H4;1H. The van der Waals surface area contributed by atoms with Crippen molar-refractivity contribution in [3.63, 3.8) is 0 Å². The summed E-state index contributed by atoms with van der Waals surface area (Å²) in [4.78, 5) is 10.8. The van der Waals surface area contributed by atoms with Crippen LogP contribution in [-0.2, 0) is 9.53 Å². The quantitative estimate of drug-likeness (QED) is 0.112. The van der Waals surface area contributed by atoms with Gasteiger partial charge in [0.2, 0.25) is 0 Å². The number of hydrogen-bond acceptors (Lipinski definition) is 2. The Labute approximate surface area is 268 Å². The number of hydrogen-bond donors (Lipinski definition) is 0. The first-order valence-electron chi connectivity index (χ1n) is 18.8. The normalized spacial score (nSPS) is 31.0. The highest BCUT2D eigenvalue weighted by molar-refractivity contribution is 5.53. The smallest absolute Gasteiger partial charge is 0.123 e. The summed E-state index contributed by atoms with van der Waals surface area (Å²) >= 11 is 0. The second-order valence-electron chi connectivity index (χ2n) is 15.1. The van der Waals surface area contributed by atoms with Crippen LogP contribution in [0.25, 0.3) is 0 Å². The molecule has 4 fully saturated rings. The highest BCUT2D eigenvalue weighted by Gasteiger charge is 2.27. The van der Waals surface area contributed by atoms with Crippen molar-refractivity contribution in [1.82, 2.24) is 0 Å². The fraction of sp³-hybridized carbons (Fsp3) is 0.925. The third-order valence-corrected chi connectivity index (χ3v) is 11.8. The number of halogens is 1. The number of carbonyl (C=O) groups is 1. The molecule has 0 aromatic rings. The molecule has 0 unspecified atom stereocenters. The molecule has 2 nitrogen and oxygen atoms in total. The predicted octanol–water partition coefficient (Wildman–Crippen LogP) is 13.0. The van der Waals surface area contributed by atoms with E-state index in [0.29, 0.717) is 5.92 Å². The molecule has 0 spiro atoms. The first kappa shape index (κ1) is 40.2. The first-order valence-corrected chi connectivity index (χ1v) is 18.8. The van der Waals surface area contributed by atoms with Crippen molar-refractivity contribution in [2.24, 2.45) is 41.4 Å². The van der Waals surface area contributed by atoms with Crippen molar-refractivity contribution < 1.29 is 14.2 Å². The summed E-state index contributed by atoms with van der Waals surface area (Å²) in [6.07, 6.45) is 40.1. The predicted molar refractivity (Wildman–Crippen MR) is 186 cm³/mol. The van der Waals surface area contributed by atoms with Crippen LogP contribution in [0, 0.1) is 41.4 Å². The lowest BCUT2D eigenvalue weighted by atomic mass is 9.73. The number of allylic oxidation sites excluding steroid dienone is 1.